The third-order valence-electron chi connectivity index (χ3n) is 5.48. The van der Waals surface area contributed by atoms with E-state index >= 15 is 0 Å². The third kappa shape index (κ3) is 4.12. The van der Waals surface area contributed by atoms with Crippen molar-refractivity contribution in [3.05, 3.63) is 99.6 Å². The molecule has 0 unspecified atom stereocenters. The molecule has 2 N–H and O–H groups in total. The summed E-state index contributed by atoms with van der Waals surface area (Å²) < 4.78 is 0. The number of para-hydroxylation sites is 2. The number of phenolic OH excluding ortho intramolecular Hbond substituents is 2. The second kappa shape index (κ2) is 8.52. The summed E-state index contributed by atoms with van der Waals surface area (Å²) in [6, 6.07) is 21.1. The molecule has 1 aliphatic heterocycles. The third-order valence-corrected chi connectivity index (χ3v) is 5.48. The van der Waals surface area contributed by atoms with Crippen LogP contribution in [0.4, 0.5) is 5.69 Å². The number of nitrogens with zero attached hydrogens (tertiary/aromatic N) is 3. The lowest BCUT2D eigenvalue weighted by Crippen LogP contribution is -2.30. The minimum atomic E-state index is -0.390. The summed E-state index contributed by atoms with van der Waals surface area (Å²) in [6.07, 6.45) is -0.218. The smallest absolute Gasteiger partial charge is 0.269 e. The highest BCUT2D eigenvalue weighted by Crippen LogP contribution is 2.36. The van der Waals surface area contributed by atoms with Crippen molar-refractivity contribution in [3.8, 4) is 11.5 Å². The van der Waals surface area contributed by atoms with Gasteiger partial charge in [0.2, 0.25) is 0 Å². The molecule has 4 rings (SSSR count). The maximum absolute atomic E-state index is 11.3. The predicted octanol–water partition coefficient (Wildman–Crippen LogP) is 4.02. The van der Waals surface area contributed by atoms with Crippen LogP contribution in [0.25, 0.3) is 0 Å². The Morgan fingerprint density at radius 2 is 1.37 bits per heavy atom. The lowest BCUT2D eigenvalue weighted by Gasteiger charge is -2.31. The molecule has 1 saturated heterocycles. The number of phenols is 2. The molecule has 0 spiro atoms. The van der Waals surface area contributed by atoms with Crippen molar-refractivity contribution in [2.24, 2.45) is 0 Å². The van der Waals surface area contributed by atoms with Gasteiger partial charge in [-0.3, -0.25) is 19.9 Å². The average Bonchev–Trinajstić information content (AvgIpc) is 3.13. The van der Waals surface area contributed by atoms with E-state index < -0.39 is 0 Å². The van der Waals surface area contributed by atoms with Crippen LogP contribution < -0.4 is 0 Å². The summed E-state index contributed by atoms with van der Waals surface area (Å²) >= 11 is 0. The first-order chi connectivity index (χ1) is 14.5. The fourth-order valence-electron chi connectivity index (χ4n) is 4.01. The van der Waals surface area contributed by atoms with E-state index in [1.165, 1.54) is 6.07 Å². The molecule has 30 heavy (non-hydrogen) atoms. The Balaban J connectivity index is 1.68. The quantitative estimate of drug-likeness (QED) is 0.476. The normalized spacial score (nSPS) is 15.5. The van der Waals surface area contributed by atoms with Crippen LogP contribution in [0, 0.1) is 10.1 Å². The molecule has 0 radical (unpaired) electrons. The van der Waals surface area contributed by atoms with E-state index in [0.29, 0.717) is 13.1 Å². The first-order valence-corrected chi connectivity index (χ1v) is 9.79. The molecule has 0 atom stereocenters. The van der Waals surface area contributed by atoms with Gasteiger partial charge in [0.05, 0.1) is 11.1 Å². The number of hydrogen-bond acceptors (Lipinski definition) is 6. The summed E-state index contributed by atoms with van der Waals surface area (Å²) in [4.78, 5) is 15.3. The summed E-state index contributed by atoms with van der Waals surface area (Å²) in [5.74, 6) is 0.462. The Morgan fingerprint density at radius 1 is 0.833 bits per heavy atom. The number of nitro groups is 1. The number of rotatable bonds is 6. The van der Waals surface area contributed by atoms with Crippen LogP contribution in [0.2, 0.25) is 0 Å². The molecule has 0 aliphatic carbocycles. The van der Waals surface area contributed by atoms with Gasteiger partial charge in [-0.2, -0.15) is 0 Å². The van der Waals surface area contributed by atoms with E-state index in [0.717, 1.165) is 29.8 Å². The standard InChI is InChI=1S/C23H23N3O4/c27-21-10-3-1-6-18(21)15-24-12-13-25(16-19-7-2-4-11-22(19)28)23(24)17-8-5-9-20(14-17)26(29)30/h1-11,14,23,27-28H,12-13,15-16H2. The maximum Gasteiger partial charge on any atom is 0.269 e. The Labute approximate surface area is 174 Å². The van der Waals surface area contributed by atoms with Gasteiger partial charge in [-0.25, -0.2) is 0 Å². The second-order valence-electron chi connectivity index (χ2n) is 7.42. The van der Waals surface area contributed by atoms with Crippen molar-refractivity contribution in [1.82, 2.24) is 9.80 Å². The van der Waals surface area contributed by atoms with Gasteiger partial charge in [-0.1, -0.05) is 48.5 Å². The minimum absolute atomic E-state index is 0.0458. The second-order valence-corrected chi connectivity index (χ2v) is 7.42. The number of nitro benzene ring substituents is 1. The van der Waals surface area contributed by atoms with E-state index in [1.54, 1.807) is 36.4 Å². The van der Waals surface area contributed by atoms with Crippen molar-refractivity contribution >= 4 is 5.69 Å². The van der Waals surface area contributed by atoms with Gasteiger partial charge in [0, 0.05) is 49.4 Å². The molecule has 0 aromatic heterocycles. The van der Waals surface area contributed by atoms with Crippen LogP contribution in [0.1, 0.15) is 22.9 Å². The Kier molecular flexibility index (Phi) is 5.65. The van der Waals surface area contributed by atoms with E-state index in [1.807, 2.05) is 30.3 Å². The van der Waals surface area contributed by atoms with Crippen LogP contribution in [-0.4, -0.2) is 38.0 Å². The summed E-state index contributed by atoms with van der Waals surface area (Å²) in [5, 5.41) is 31.8. The zero-order valence-corrected chi connectivity index (χ0v) is 16.4. The highest BCUT2D eigenvalue weighted by molar-refractivity contribution is 5.37. The minimum Gasteiger partial charge on any atom is -0.508 e. The van der Waals surface area contributed by atoms with Gasteiger partial charge in [0.1, 0.15) is 11.5 Å². The molecule has 7 heteroatoms. The molecule has 1 heterocycles. The van der Waals surface area contributed by atoms with Crippen molar-refractivity contribution in [2.45, 2.75) is 19.3 Å². The summed E-state index contributed by atoms with van der Waals surface area (Å²) in [7, 11) is 0. The SMILES string of the molecule is O=[N+]([O-])c1cccc(C2N(Cc3ccccc3O)CCN2Cc2ccccc2O)c1. The Morgan fingerprint density at radius 3 is 1.87 bits per heavy atom. The average molecular weight is 405 g/mol. The van der Waals surface area contributed by atoms with Crippen LogP contribution in [-0.2, 0) is 13.1 Å². The van der Waals surface area contributed by atoms with Crippen LogP contribution in [0.15, 0.2) is 72.8 Å². The predicted molar refractivity (Wildman–Crippen MR) is 113 cm³/mol. The fraction of sp³-hybridized carbons (Fsp3) is 0.217. The van der Waals surface area contributed by atoms with Gasteiger partial charge in [0.25, 0.3) is 5.69 Å². The van der Waals surface area contributed by atoms with Crippen molar-refractivity contribution in [3.63, 3.8) is 0 Å². The molecule has 0 amide bonds. The van der Waals surface area contributed by atoms with E-state index in [2.05, 4.69) is 9.80 Å². The molecule has 7 nitrogen and oxygen atoms in total. The number of aromatic hydroxyl groups is 2. The molecule has 1 aliphatic rings. The first kappa shape index (κ1) is 19.9. The van der Waals surface area contributed by atoms with Gasteiger partial charge in [-0.05, 0) is 17.7 Å². The molecule has 154 valence electrons. The zero-order valence-electron chi connectivity index (χ0n) is 16.4. The zero-order chi connectivity index (χ0) is 21.1. The van der Waals surface area contributed by atoms with Crippen molar-refractivity contribution in [1.29, 1.82) is 0 Å². The van der Waals surface area contributed by atoms with Crippen LogP contribution in [0.5, 0.6) is 11.5 Å². The van der Waals surface area contributed by atoms with Gasteiger partial charge in [-0.15, -0.1) is 0 Å². The molecule has 3 aromatic rings. The number of benzene rings is 3. The van der Waals surface area contributed by atoms with Crippen LogP contribution in [0.3, 0.4) is 0 Å². The largest absolute Gasteiger partial charge is 0.508 e. The number of hydrogen-bond donors (Lipinski definition) is 2. The van der Waals surface area contributed by atoms with Gasteiger partial charge in [0.15, 0.2) is 0 Å². The first-order valence-electron chi connectivity index (χ1n) is 9.79. The molecule has 0 saturated carbocycles. The van der Waals surface area contributed by atoms with E-state index in [-0.39, 0.29) is 28.3 Å². The maximum atomic E-state index is 11.3. The number of non-ortho nitro benzene ring substituents is 1. The fourth-order valence-corrected chi connectivity index (χ4v) is 4.01. The lowest BCUT2D eigenvalue weighted by atomic mass is 10.1. The van der Waals surface area contributed by atoms with Crippen molar-refractivity contribution in [2.75, 3.05) is 13.1 Å². The Hall–Kier alpha value is -3.42. The van der Waals surface area contributed by atoms with Gasteiger partial charge < -0.3 is 10.2 Å². The Bertz CT molecular complexity index is 1000. The molecule has 1 fully saturated rings. The molecular weight excluding hydrogens is 382 g/mol. The molecule has 0 bridgehead atoms. The lowest BCUT2D eigenvalue weighted by molar-refractivity contribution is -0.385. The summed E-state index contributed by atoms with van der Waals surface area (Å²) in [6.45, 7) is 2.49. The monoisotopic (exact) mass is 405 g/mol. The highest BCUT2D eigenvalue weighted by atomic mass is 16.6. The van der Waals surface area contributed by atoms with Gasteiger partial charge >= 0.3 is 0 Å². The summed E-state index contributed by atoms with van der Waals surface area (Å²) in [5.41, 5.74) is 2.46. The van der Waals surface area contributed by atoms with Crippen molar-refractivity contribution < 1.29 is 15.1 Å². The topological polar surface area (TPSA) is 90.1 Å². The molecule has 3 aromatic carbocycles. The molecular formula is C23H23N3O4. The van der Waals surface area contributed by atoms with E-state index in [4.69, 9.17) is 0 Å². The van der Waals surface area contributed by atoms with Crippen LogP contribution >= 0.6 is 0 Å². The van der Waals surface area contributed by atoms with E-state index in [9.17, 15) is 20.3 Å². The highest BCUT2D eigenvalue weighted by Gasteiger charge is 2.34.